The molecule has 0 saturated carbocycles. The molecule has 2 atom stereocenters. The van der Waals surface area contributed by atoms with Crippen LogP contribution in [-0.2, 0) is 22.5 Å². The molecule has 2 unspecified atom stereocenters. The number of hydrogen-bond donors (Lipinski definition) is 5. The fraction of sp³-hybridized carbons (Fsp3) is 0.276. The van der Waals surface area contributed by atoms with E-state index in [2.05, 4.69) is 30.7 Å². The van der Waals surface area contributed by atoms with Gasteiger partial charge < -0.3 is 36.0 Å². The van der Waals surface area contributed by atoms with E-state index in [1.807, 2.05) is 37.3 Å². The molecule has 12 heteroatoms. The van der Waals surface area contributed by atoms with Gasteiger partial charge in [0.05, 0.1) is 30.1 Å². The number of fused-ring (bicyclic) bond motifs is 1. The Bertz CT molecular complexity index is 1490. The van der Waals surface area contributed by atoms with E-state index in [9.17, 15) is 9.59 Å². The van der Waals surface area contributed by atoms with Crippen LogP contribution in [0.3, 0.4) is 0 Å². The lowest BCUT2D eigenvalue weighted by Gasteiger charge is -2.16. The quantitative estimate of drug-likeness (QED) is 0.0562. The first-order valence-electron chi connectivity index (χ1n) is 13.2. The molecule has 2 aromatic carbocycles. The van der Waals surface area contributed by atoms with Gasteiger partial charge in [-0.25, -0.2) is 9.78 Å². The first kappa shape index (κ1) is 28.9. The molecule has 0 aliphatic rings. The number of carbonyl (C=O) groups excluding carboxylic acids is 2. The van der Waals surface area contributed by atoms with Crippen molar-refractivity contribution in [2.24, 2.45) is 10.9 Å². The SMILES string of the molecule is CC(CC(=O)OC(C)CCc1ccccn1)NC(=O)Oc1ccc2nc(CNc3ccc(C(N)=NO)cc3)[nH]c2c1. The molecule has 0 aliphatic carbocycles. The Kier molecular flexibility index (Phi) is 9.71. The predicted molar refractivity (Wildman–Crippen MR) is 154 cm³/mol. The monoisotopic (exact) mass is 559 g/mol. The number of H-pyrrole nitrogens is 1. The van der Waals surface area contributed by atoms with Gasteiger partial charge in [0.25, 0.3) is 0 Å². The summed E-state index contributed by atoms with van der Waals surface area (Å²) in [4.78, 5) is 36.7. The zero-order valence-corrected chi connectivity index (χ0v) is 22.8. The average molecular weight is 560 g/mol. The fourth-order valence-corrected chi connectivity index (χ4v) is 4.06. The minimum Gasteiger partial charge on any atom is -0.463 e. The van der Waals surface area contributed by atoms with Crippen molar-refractivity contribution in [3.8, 4) is 5.75 Å². The molecule has 1 amide bonds. The summed E-state index contributed by atoms with van der Waals surface area (Å²) in [5, 5.41) is 17.7. The molecule has 2 aromatic heterocycles. The Morgan fingerprint density at radius 3 is 2.66 bits per heavy atom. The van der Waals surface area contributed by atoms with Crippen LogP contribution < -0.4 is 21.1 Å². The van der Waals surface area contributed by atoms with Gasteiger partial charge in [-0.3, -0.25) is 9.78 Å². The molecule has 2 heterocycles. The minimum absolute atomic E-state index is 0.0180. The summed E-state index contributed by atoms with van der Waals surface area (Å²) in [6, 6.07) is 17.4. The molecule has 0 fully saturated rings. The van der Waals surface area contributed by atoms with Gasteiger partial charge in [0.1, 0.15) is 11.6 Å². The van der Waals surface area contributed by atoms with E-state index >= 15 is 0 Å². The molecule has 0 bridgehead atoms. The molecule has 41 heavy (non-hydrogen) atoms. The first-order chi connectivity index (χ1) is 19.8. The number of benzene rings is 2. The number of pyridine rings is 1. The number of nitrogens with zero attached hydrogens (tertiary/aromatic N) is 3. The van der Waals surface area contributed by atoms with Crippen LogP contribution >= 0.6 is 0 Å². The molecular weight excluding hydrogens is 526 g/mol. The molecule has 6 N–H and O–H groups in total. The van der Waals surface area contributed by atoms with E-state index in [-0.39, 0.29) is 18.4 Å². The zero-order valence-electron chi connectivity index (χ0n) is 22.8. The maximum Gasteiger partial charge on any atom is 0.412 e. The number of hydrogen-bond acceptors (Lipinski definition) is 9. The van der Waals surface area contributed by atoms with Crippen LogP contribution in [0.2, 0.25) is 0 Å². The van der Waals surface area contributed by atoms with E-state index in [4.69, 9.17) is 20.4 Å². The highest BCUT2D eigenvalue weighted by Crippen LogP contribution is 2.20. The number of esters is 1. The molecule has 0 radical (unpaired) electrons. The number of nitrogens with two attached hydrogens (primary N) is 1. The standard InChI is InChI=1S/C29H33N7O5/c1-18(15-27(37)40-19(2)6-9-21-5-3-4-14-31-21)33-29(38)41-23-12-13-24-25(16-23)35-26(34-24)17-32-22-10-7-20(8-11-22)28(30)36-39/h3-5,7-8,10-14,16,18-19,32,39H,6,9,15,17H2,1-2H3,(H2,30,36)(H,33,38)(H,34,35). The summed E-state index contributed by atoms with van der Waals surface area (Å²) in [6.07, 6.45) is 2.17. The number of amidine groups is 1. The third kappa shape index (κ3) is 8.68. The van der Waals surface area contributed by atoms with E-state index in [0.29, 0.717) is 47.6 Å². The zero-order chi connectivity index (χ0) is 29.2. The number of carbonyl (C=O) groups is 2. The largest absolute Gasteiger partial charge is 0.463 e. The van der Waals surface area contributed by atoms with Crippen LogP contribution in [0.5, 0.6) is 5.75 Å². The number of imidazole rings is 1. The highest BCUT2D eigenvalue weighted by atomic mass is 16.6. The summed E-state index contributed by atoms with van der Waals surface area (Å²) in [6.45, 7) is 3.97. The number of rotatable bonds is 12. The number of oxime groups is 1. The van der Waals surface area contributed by atoms with Crippen molar-refractivity contribution >= 4 is 34.6 Å². The highest BCUT2D eigenvalue weighted by molar-refractivity contribution is 5.97. The van der Waals surface area contributed by atoms with Gasteiger partial charge >= 0.3 is 12.1 Å². The fourth-order valence-electron chi connectivity index (χ4n) is 4.06. The first-order valence-corrected chi connectivity index (χ1v) is 13.2. The van der Waals surface area contributed by atoms with Gasteiger partial charge in [-0.05, 0) is 75.2 Å². The highest BCUT2D eigenvalue weighted by Gasteiger charge is 2.17. The van der Waals surface area contributed by atoms with Gasteiger partial charge in [0, 0.05) is 35.2 Å². The second kappa shape index (κ2) is 13.8. The molecule has 4 aromatic rings. The number of aromatic nitrogens is 3. The van der Waals surface area contributed by atoms with Crippen LogP contribution in [0.4, 0.5) is 10.5 Å². The van der Waals surface area contributed by atoms with Crippen molar-refractivity contribution in [2.75, 3.05) is 5.32 Å². The van der Waals surface area contributed by atoms with Crippen LogP contribution in [-0.4, -0.2) is 50.2 Å². The van der Waals surface area contributed by atoms with Crippen molar-refractivity contribution in [2.45, 2.75) is 51.8 Å². The Morgan fingerprint density at radius 1 is 1.12 bits per heavy atom. The Morgan fingerprint density at radius 2 is 1.93 bits per heavy atom. The predicted octanol–water partition coefficient (Wildman–Crippen LogP) is 4.10. The lowest BCUT2D eigenvalue weighted by atomic mass is 10.1. The van der Waals surface area contributed by atoms with Crippen molar-refractivity contribution in [1.29, 1.82) is 0 Å². The Hall–Kier alpha value is -5.13. The van der Waals surface area contributed by atoms with Crippen molar-refractivity contribution in [3.05, 3.63) is 83.9 Å². The molecule has 0 aliphatic heterocycles. The molecule has 12 nitrogen and oxygen atoms in total. The molecule has 4 rings (SSSR count). The van der Waals surface area contributed by atoms with Gasteiger partial charge in [0.15, 0.2) is 5.84 Å². The second-order valence-electron chi connectivity index (χ2n) is 9.58. The number of aromatic amines is 1. The molecule has 214 valence electrons. The van der Waals surface area contributed by atoms with Gasteiger partial charge in [-0.15, -0.1) is 0 Å². The Labute approximate surface area is 237 Å². The normalized spacial score (nSPS) is 12.9. The van der Waals surface area contributed by atoms with Crippen molar-refractivity contribution in [1.82, 2.24) is 20.3 Å². The number of anilines is 1. The minimum atomic E-state index is -0.676. The maximum atomic E-state index is 12.4. The summed E-state index contributed by atoms with van der Waals surface area (Å²) < 4.78 is 10.9. The number of ether oxygens (including phenoxy) is 2. The molecular formula is C29H33N7O5. The van der Waals surface area contributed by atoms with E-state index in [1.54, 1.807) is 43.5 Å². The van der Waals surface area contributed by atoms with Crippen LogP contribution in [0.15, 0.2) is 72.0 Å². The van der Waals surface area contributed by atoms with Gasteiger partial charge in [0.2, 0.25) is 0 Å². The van der Waals surface area contributed by atoms with Crippen molar-refractivity contribution < 1.29 is 24.3 Å². The summed E-state index contributed by atoms with van der Waals surface area (Å²) in [5.41, 5.74) is 9.38. The van der Waals surface area contributed by atoms with E-state index < -0.39 is 18.1 Å². The van der Waals surface area contributed by atoms with Gasteiger partial charge in [-0.2, -0.15) is 0 Å². The Balaban J connectivity index is 1.22. The lowest BCUT2D eigenvalue weighted by molar-refractivity contribution is -0.148. The molecule has 0 saturated heterocycles. The summed E-state index contributed by atoms with van der Waals surface area (Å²) in [5.74, 6) is 0.652. The topological polar surface area (TPSA) is 177 Å². The van der Waals surface area contributed by atoms with Crippen LogP contribution in [0.1, 0.15) is 43.8 Å². The molecule has 0 spiro atoms. The van der Waals surface area contributed by atoms with E-state index in [1.165, 1.54) is 0 Å². The third-order valence-corrected chi connectivity index (χ3v) is 6.16. The maximum absolute atomic E-state index is 12.4. The second-order valence-corrected chi connectivity index (χ2v) is 9.58. The van der Waals surface area contributed by atoms with Gasteiger partial charge in [-0.1, -0.05) is 11.2 Å². The average Bonchev–Trinajstić information content (AvgIpc) is 3.37. The summed E-state index contributed by atoms with van der Waals surface area (Å²) in [7, 11) is 0. The summed E-state index contributed by atoms with van der Waals surface area (Å²) >= 11 is 0. The number of nitrogens with one attached hydrogen (secondary N) is 3. The van der Waals surface area contributed by atoms with E-state index in [0.717, 1.165) is 11.4 Å². The third-order valence-electron chi connectivity index (χ3n) is 6.16. The lowest BCUT2D eigenvalue weighted by Crippen LogP contribution is -2.37. The number of aryl methyl sites for hydroxylation is 1. The van der Waals surface area contributed by atoms with Crippen LogP contribution in [0.25, 0.3) is 11.0 Å². The van der Waals surface area contributed by atoms with Crippen molar-refractivity contribution in [3.63, 3.8) is 0 Å². The van der Waals surface area contributed by atoms with Crippen LogP contribution in [0, 0.1) is 0 Å². The number of amides is 1. The smallest absolute Gasteiger partial charge is 0.412 e.